The van der Waals surface area contributed by atoms with Gasteiger partial charge in [0, 0.05) is 17.9 Å². The summed E-state index contributed by atoms with van der Waals surface area (Å²) < 4.78 is 0. The van der Waals surface area contributed by atoms with E-state index in [1.807, 2.05) is 0 Å². The maximum Gasteiger partial charge on any atom is 0.0484 e. The number of halogens is 1. The molecule has 20 heavy (non-hydrogen) atoms. The van der Waals surface area contributed by atoms with Gasteiger partial charge in [0.25, 0.3) is 0 Å². The number of benzene rings is 2. The number of para-hydroxylation sites is 2. The molecule has 0 atom stereocenters. The fraction of sp³-hybridized carbons (Fsp3) is 0.176. The number of fused-ring (bicyclic) bond motifs is 2. The molecule has 0 amide bonds. The number of hydrogen-bond acceptors (Lipinski definition) is 2. The van der Waals surface area contributed by atoms with Crippen LogP contribution >= 0.6 is 12.4 Å². The minimum absolute atomic E-state index is 0. The molecule has 1 heterocycles. The lowest BCUT2D eigenvalue weighted by atomic mass is 10.1. The Morgan fingerprint density at radius 2 is 1.30 bits per heavy atom. The van der Waals surface area contributed by atoms with Crippen LogP contribution in [0.4, 0.5) is 11.4 Å². The van der Waals surface area contributed by atoms with Crippen molar-refractivity contribution >= 4 is 35.9 Å². The van der Waals surface area contributed by atoms with Crippen molar-refractivity contribution in [3.63, 3.8) is 0 Å². The molecule has 0 aliphatic carbocycles. The number of anilines is 2. The molecule has 0 unspecified atom stereocenters. The molecule has 1 aliphatic rings. The lowest BCUT2D eigenvalue weighted by Gasteiger charge is -2.26. The van der Waals surface area contributed by atoms with Crippen LogP contribution in [0.15, 0.2) is 48.5 Å². The Bertz CT molecular complexity index is 558. The van der Waals surface area contributed by atoms with E-state index < -0.39 is 0 Å². The Balaban J connectivity index is 0.00000147. The summed E-state index contributed by atoms with van der Waals surface area (Å²) in [4.78, 5) is 2.37. The van der Waals surface area contributed by atoms with E-state index in [2.05, 4.69) is 65.6 Å². The van der Waals surface area contributed by atoms with Crippen LogP contribution in [0.5, 0.6) is 0 Å². The molecule has 0 spiro atoms. The van der Waals surface area contributed by atoms with Gasteiger partial charge in [-0.1, -0.05) is 48.6 Å². The normalized spacial score (nSPS) is 12.2. The molecule has 104 valence electrons. The minimum Gasteiger partial charge on any atom is -0.340 e. The summed E-state index contributed by atoms with van der Waals surface area (Å²) in [6, 6.07) is 17.0. The van der Waals surface area contributed by atoms with Crippen LogP contribution in [0.3, 0.4) is 0 Å². The Morgan fingerprint density at radius 1 is 0.800 bits per heavy atom. The molecule has 1 aliphatic heterocycles. The summed E-state index contributed by atoms with van der Waals surface area (Å²) >= 11 is 0. The third-order valence-electron chi connectivity index (χ3n) is 3.48. The first-order valence-corrected chi connectivity index (χ1v) is 6.74. The van der Waals surface area contributed by atoms with E-state index in [9.17, 15) is 0 Å². The van der Waals surface area contributed by atoms with Crippen molar-refractivity contribution in [1.29, 1.82) is 0 Å². The predicted octanol–water partition coefficient (Wildman–Crippen LogP) is 4.08. The molecule has 0 saturated heterocycles. The van der Waals surface area contributed by atoms with Crippen LogP contribution in [0.25, 0.3) is 12.2 Å². The van der Waals surface area contributed by atoms with E-state index in [0.29, 0.717) is 6.54 Å². The molecule has 2 nitrogen and oxygen atoms in total. The van der Waals surface area contributed by atoms with Crippen molar-refractivity contribution in [2.75, 3.05) is 18.0 Å². The maximum atomic E-state index is 5.68. The first-order chi connectivity index (χ1) is 9.40. The molecule has 0 fully saturated rings. The average molecular weight is 287 g/mol. The molecule has 0 saturated carbocycles. The molecule has 2 aromatic carbocycles. The predicted molar refractivity (Wildman–Crippen MR) is 89.7 cm³/mol. The molecule has 2 aromatic rings. The molecular weight excluding hydrogens is 268 g/mol. The topological polar surface area (TPSA) is 29.3 Å². The SMILES string of the molecule is Cl.NCCCN1c2ccccc2C=Cc2ccccc21. The average Bonchev–Trinajstić information content (AvgIpc) is 2.62. The number of rotatable bonds is 3. The van der Waals surface area contributed by atoms with Crippen LogP contribution in [-0.2, 0) is 0 Å². The molecule has 0 bridgehead atoms. The molecule has 3 heteroatoms. The number of nitrogens with two attached hydrogens (primary N) is 1. The van der Waals surface area contributed by atoms with Gasteiger partial charge < -0.3 is 10.6 Å². The van der Waals surface area contributed by atoms with Crippen LogP contribution in [0.1, 0.15) is 17.5 Å². The Hall–Kier alpha value is -1.77. The standard InChI is InChI=1S/C17H18N2.ClH/c18-12-5-13-19-16-8-3-1-6-14(16)10-11-15-7-2-4-9-17(15)19;/h1-4,6-11H,5,12-13,18H2;1H. The monoisotopic (exact) mass is 286 g/mol. The lowest BCUT2D eigenvalue weighted by molar-refractivity contribution is 0.817. The van der Waals surface area contributed by atoms with Gasteiger partial charge in [0.15, 0.2) is 0 Å². The zero-order valence-corrected chi connectivity index (χ0v) is 12.1. The van der Waals surface area contributed by atoms with Gasteiger partial charge in [-0.15, -0.1) is 12.4 Å². The van der Waals surface area contributed by atoms with Crippen molar-refractivity contribution in [3.8, 4) is 0 Å². The summed E-state index contributed by atoms with van der Waals surface area (Å²) in [6.07, 6.45) is 5.37. The highest BCUT2D eigenvalue weighted by Crippen LogP contribution is 2.35. The fourth-order valence-corrected chi connectivity index (χ4v) is 2.55. The van der Waals surface area contributed by atoms with E-state index in [1.165, 1.54) is 22.5 Å². The largest absolute Gasteiger partial charge is 0.340 e. The van der Waals surface area contributed by atoms with Crippen molar-refractivity contribution in [3.05, 3.63) is 59.7 Å². The van der Waals surface area contributed by atoms with Crippen LogP contribution in [0, 0.1) is 0 Å². The second kappa shape index (κ2) is 6.60. The zero-order valence-electron chi connectivity index (χ0n) is 11.3. The highest BCUT2D eigenvalue weighted by atomic mass is 35.5. The summed E-state index contributed by atoms with van der Waals surface area (Å²) in [5.41, 5.74) is 10.7. The van der Waals surface area contributed by atoms with Gasteiger partial charge in [-0.2, -0.15) is 0 Å². The van der Waals surface area contributed by atoms with E-state index in [1.54, 1.807) is 0 Å². The second-order valence-corrected chi connectivity index (χ2v) is 4.74. The summed E-state index contributed by atoms with van der Waals surface area (Å²) in [5, 5.41) is 0. The molecule has 3 rings (SSSR count). The van der Waals surface area contributed by atoms with Gasteiger partial charge in [-0.05, 0) is 36.2 Å². The molecular formula is C17H19ClN2. The summed E-state index contributed by atoms with van der Waals surface area (Å²) in [7, 11) is 0. The zero-order chi connectivity index (χ0) is 13.1. The van der Waals surface area contributed by atoms with Crippen LogP contribution in [0.2, 0.25) is 0 Å². The molecule has 2 N–H and O–H groups in total. The Kier molecular flexibility index (Phi) is 4.83. The van der Waals surface area contributed by atoms with Crippen molar-refractivity contribution in [2.45, 2.75) is 6.42 Å². The first-order valence-electron chi connectivity index (χ1n) is 6.74. The highest BCUT2D eigenvalue weighted by Gasteiger charge is 2.16. The van der Waals surface area contributed by atoms with Crippen molar-refractivity contribution in [2.24, 2.45) is 5.73 Å². The van der Waals surface area contributed by atoms with Gasteiger partial charge in [-0.3, -0.25) is 0 Å². The number of nitrogens with zero attached hydrogens (tertiary/aromatic N) is 1. The van der Waals surface area contributed by atoms with Crippen molar-refractivity contribution < 1.29 is 0 Å². The van der Waals surface area contributed by atoms with E-state index >= 15 is 0 Å². The second-order valence-electron chi connectivity index (χ2n) is 4.74. The van der Waals surface area contributed by atoms with Gasteiger partial charge in [-0.25, -0.2) is 0 Å². The van der Waals surface area contributed by atoms with Crippen LogP contribution in [-0.4, -0.2) is 13.1 Å². The van der Waals surface area contributed by atoms with Crippen LogP contribution < -0.4 is 10.6 Å². The summed E-state index contributed by atoms with van der Waals surface area (Å²) in [5.74, 6) is 0. The van der Waals surface area contributed by atoms with Crippen molar-refractivity contribution in [1.82, 2.24) is 0 Å². The third kappa shape index (κ3) is 2.72. The minimum atomic E-state index is 0. The lowest BCUT2D eigenvalue weighted by Crippen LogP contribution is -2.21. The Labute approximate surface area is 126 Å². The maximum absolute atomic E-state index is 5.68. The van der Waals surface area contributed by atoms with E-state index in [0.717, 1.165) is 13.0 Å². The first kappa shape index (κ1) is 14.6. The van der Waals surface area contributed by atoms with E-state index in [4.69, 9.17) is 5.73 Å². The fourth-order valence-electron chi connectivity index (χ4n) is 2.55. The van der Waals surface area contributed by atoms with E-state index in [-0.39, 0.29) is 12.4 Å². The molecule has 0 aromatic heterocycles. The summed E-state index contributed by atoms with van der Waals surface area (Å²) in [6.45, 7) is 1.67. The highest BCUT2D eigenvalue weighted by molar-refractivity contribution is 5.88. The smallest absolute Gasteiger partial charge is 0.0484 e. The molecule has 0 radical (unpaired) electrons. The Morgan fingerprint density at radius 3 is 1.80 bits per heavy atom. The van der Waals surface area contributed by atoms with Gasteiger partial charge in [0.2, 0.25) is 0 Å². The van der Waals surface area contributed by atoms with Gasteiger partial charge >= 0.3 is 0 Å². The quantitative estimate of drug-likeness (QED) is 0.921. The number of hydrogen-bond donors (Lipinski definition) is 1. The van der Waals surface area contributed by atoms with Gasteiger partial charge in [0.1, 0.15) is 0 Å². The van der Waals surface area contributed by atoms with Gasteiger partial charge in [0.05, 0.1) is 0 Å². The third-order valence-corrected chi connectivity index (χ3v) is 3.48.